The lowest BCUT2D eigenvalue weighted by molar-refractivity contribution is 0.306. The Bertz CT molecular complexity index is 1340. The molecule has 0 bridgehead atoms. The van der Waals surface area contributed by atoms with Crippen LogP contribution in [-0.2, 0) is 6.61 Å². The van der Waals surface area contributed by atoms with Gasteiger partial charge in [-0.15, -0.1) is 0 Å². The molecule has 1 aromatic heterocycles. The minimum absolute atomic E-state index is 0.422. The standard InChI is InChI=1S/C29H25ClN2O/c1-20-8-10-23(11-9-20)26(18-31)17-25-16-21(2)32(22(25)3)27-12-14-28(15-13-27)33-19-24-6-4-5-7-29(24)30/h4-17H,19H2,1-3H3/b26-17-. The van der Waals surface area contributed by atoms with Gasteiger partial charge in [0.15, 0.2) is 0 Å². The Hall–Kier alpha value is -3.74. The van der Waals surface area contributed by atoms with Crippen molar-refractivity contribution in [2.24, 2.45) is 0 Å². The highest BCUT2D eigenvalue weighted by Crippen LogP contribution is 2.27. The van der Waals surface area contributed by atoms with Gasteiger partial charge in [0.1, 0.15) is 12.4 Å². The lowest BCUT2D eigenvalue weighted by atomic mass is 10.0. The van der Waals surface area contributed by atoms with Crippen molar-refractivity contribution in [3.8, 4) is 17.5 Å². The summed E-state index contributed by atoms with van der Waals surface area (Å²) in [7, 11) is 0. The monoisotopic (exact) mass is 452 g/mol. The van der Waals surface area contributed by atoms with Crippen molar-refractivity contribution in [2.45, 2.75) is 27.4 Å². The Balaban J connectivity index is 1.57. The molecule has 0 spiro atoms. The van der Waals surface area contributed by atoms with E-state index in [1.165, 1.54) is 5.56 Å². The van der Waals surface area contributed by atoms with Gasteiger partial charge in [0.25, 0.3) is 0 Å². The zero-order chi connectivity index (χ0) is 23.4. The van der Waals surface area contributed by atoms with Crippen molar-refractivity contribution in [3.05, 3.63) is 118 Å². The second-order valence-corrected chi connectivity index (χ2v) is 8.48. The van der Waals surface area contributed by atoms with Crippen LogP contribution in [0.5, 0.6) is 5.75 Å². The molecular formula is C29H25ClN2O. The third-order valence-electron chi connectivity index (χ3n) is 5.70. The molecule has 3 nitrogen and oxygen atoms in total. The average molecular weight is 453 g/mol. The molecule has 1 heterocycles. The van der Waals surface area contributed by atoms with Crippen LogP contribution in [0.25, 0.3) is 17.3 Å². The van der Waals surface area contributed by atoms with Gasteiger partial charge in [-0.2, -0.15) is 5.26 Å². The van der Waals surface area contributed by atoms with Crippen molar-refractivity contribution in [2.75, 3.05) is 0 Å². The molecule has 0 radical (unpaired) electrons. The number of aromatic nitrogens is 1. The number of nitriles is 1. The molecule has 0 N–H and O–H groups in total. The summed E-state index contributed by atoms with van der Waals surface area (Å²) in [6.45, 7) is 6.61. The second-order valence-electron chi connectivity index (χ2n) is 8.07. The van der Waals surface area contributed by atoms with E-state index in [0.29, 0.717) is 17.2 Å². The van der Waals surface area contributed by atoms with Crippen LogP contribution in [0.1, 0.15) is 33.6 Å². The second kappa shape index (κ2) is 9.81. The third-order valence-corrected chi connectivity index (χ3v) is 6.07. The first-order chi connectivity index (χ1) is 16.0. The predicted octanol–water partition coefficient (Wildman–Crippen LogP) is 7.70. The smallest absolute Gasteiger partial charge is 0.119 e. The van der Waals surface area contributed by atoms with Crippen molar-refractivity contribution >= 4 is 23.3 Å². The van der Waals surface area contributed by atoms with Crippen molar-refractivity contribution in [1.29, 1.82) is 5.26 Å². The number of halogens is 1. The quantitative estimate of drug-likeness (QED) is 0.281. The molecule has 164 valence electrons. The van der Waals surface area contributed by atoms with Crippen molar-refractivity contribution < 1.29 is 4.74 Å². The summed E-state index contributed by atoms with van der Waals surface area (Å²) in [5, 5.41) is 10.4. The SMILES string of the molecule is Cc1ccc(/C(C#N)=C\c2cc(C)n(-c3ccc(OCc4ccccc4Cl)cc3)c2C)cc1. The minimum atomic E-state index is 0.422. The number of benzene rings is 3. The van der Waals surface area contributed by atoms with Gasteiger partial charge in [0.2, 0.25) is 0 Å². The van der Waals surface area contributed by atoms with E-state index >= 15 is 0 Å². The molecule has 0 aliphatic rings. The van der Waals surface area contributed by atoms with Gasteiger partial charge in [-0.3, -0.25) is 0 Å². The van der Waals surface area contributed by atoms with Gasteiger partial charge in [0, 0.05) is 27.7 Å². The van der Waals surface area contributed by atoms with E-state index in [1.54, 1.807) is 0 Å². The number of nitrogens with zero attached hydrogens (tertiary/aromatic N) is 2. The van der Waals surface area contributed by atoms with Gasteiger partial charge >= 0.3 is 0 Å². The average Bonchev–Trinajstić information content (AvgIpc) is 3.10. The fourth-order valence-electron chi connectivity index (χ4n) is 3.87. The summed E-state index contributed by atoms with van der Waals surface area (Å²) in [6.07, 6.45) is 1.96. The van der Waals surface area contributed by atoms with Gasteiger partial charge in [-0.05, 0) is 74.4 Å². The molecule has 4 aromatic rings. The number of aryl methyl sites for hydroxylation is 2. The van der Waals surface area contributed by atoms with E-state index in [0.717, 1.165) is 39.5 Å². The summed E-state index contributed by atoms with van der Waals surface area (Å²) in [6, 6.07) is 28.2. The maximum absolute atomic E-state index is 9.73. The van der Waals surface area contributed by atoms with Crippen LogP contribution in [0.2, 0.25) is 5.02 Å². The number of hydrogen-bond acceptors (Lipinski definition) is 2. The third kappa shape index (κ3) is 5.03. The molecule has 0 aliphatic heterocycles. The molecule has 0 atom stereocenters. The molecule has 33 heavy (non-hydrogen) atoms. The lowest BCUT2D eigenvalue weighted by Crippen LogP contribution is -2.00. The van der Waals surface area contributed by atoms with Crippen LogP contribution in [0.4, 0.5) is 0 Å². The van der Waals surface area contributed by atoms with Crippen LogP contribution in [0.3, 0.4) is 0 Å². The van der Waals surface area contributed by atoms with Crippen LogP contribution >= 0.6 is 11.6 Å². The number of hydrogen-bond donors (Lipinski definition) is 0. The van der Waals surface area contributed by atoms with Gasteiger partial charge in [-0.25, -0.2) is 0 Å². The van der Waals surface area contributed by atoms with E-state index in [1.807, 2.05) is 85.8 Å². The summed E-state index contributed by atoms with van der Waals surface area (Å²) in [5.74, 6) is 0.785. The number of ether oxygens (including phenoxy) is 1. The van der Waals surface area contributed by atoms with E-state index in [2.05, 4.69) is 30.6 Å². The Morgan fingerprint density at radius 2 is 1.67 bits per heavy atom. The van der Waals surface area contributed by atoms with Gasteiger partial charge in [-0.1, -0.05) is 59.6 Å². The lowest BCUT2D eigenvalue weighted by Gasteiger charge is -2.12. The van der Waals surface area contributed by atoms with Gasteiger partial charge < -0.3 is 9.30 Å². The van der Waals surface area contributed by atoms with Crippen LogP contribution in [0.15, 0.2) is 78.9 Å². The zero-order valence-electron chi connectivity index (χ0n) is 19.0. The van der Waals surface area contributed by atoms with Crippen LogP contribution in [-0.4, -0.2) is 4.57 Å². The fraction of sp³-hybridized carbons (Fsp3) is 0.138. The summed E-state index contributed by atoms with van der Waals surface area (Å²) in [5.41, 5.74) is 7.97. The molecule has 4 heteroatoms. The molecule has 0 fully saturated rings. The molecule has 3 aromatic carbocycles. The maximum atomic E-state index is 9.73. The highest BCUT2D eigenvalue weighted by Gasteiger charge is 2.11. The summed E-state index contributed by atoms with van der Waals surface area (Å²) in [4.78, 5) is 0. The van der Waals surface area contributed by atoms with E-state index < -0.39 is 0 Å². The Morgan fingerprint density at radius 1 is 0.970 bits per heavy atom. The highest BCUT2D eigenvalue weighted by molar-refractivity contribution is 6.31. The molecule has 4 rings (SSSR count). The first-order valence-corrected chi connectivity index (χ1v) is 11.2. The molecule has 0 aliphatic carbocycles. The molecule has 0 unspecified atom stereocenters. The van der Waals surface area contributed by atoms with Crippen molar-refractivity contribution in [3.63, 3.8) is 0 Å². The Kier molecular flexibility index (Phi) is 6.68. The van der Waals surface area contributed by atoms with Crippen LogP contribution < -0.4 is 4.74 Å². The summed E-state index contributed by atoms with van der Waals surface area (Å²) >= 11 is 6.22. The molecular weight excluding hydrogens is 428 g/mol. The normalized spacial score (nSPS) is 11.3. The maximum Gasteiger partial charge on any atom is 0.119 e. The van der Waals surface area contributed by atoms with Crippen LogP contribution in [0, 0.1) is 32.1 Å². The fourth-order valence-corrected chi connectivity index (χ4v) is 4.06. The molecule has 0 amide bonds. The largest absolute Gasteiger partial charge is 0.489 e. The Labute approximate surface area is 200 Å². The highest BCUT2D eigenvalue weighted by atomic mass is 35.5. The first kappa shape index (κ1) is 22.5. The number of allylic oxidation sites excluding steroid dienone is 1. The predicted molar refractivity (Wildman–Crippen MR) is 136 cm³/mol. The first-order valence-electron chi connectivity index (χ1n) is 10.8. The van der Waals surface area contributed by atoms with E-state index in [4.69, 9.17) is 16.3 Å². The topological polar surface area (TPSA) is 38.0 Å². The Morgan fingerprint density at radius 3 is 2.33 bits per heavy atom. The van der Waals surface area contributed by atoms with Crippen molar-refractivity contribution in [1.82, 2.24) is 4.57 Å². The number of rotatable bonds is 6. The summed E-state index contributed by atoms with van der Waals surface area (Å²) < 4.78 is 8.10. The van der Waals surface area contributed by atoms with E-state index in [9.17, 15) is 5.26 Å². The van der Waals surface area contributed by atoms with Gasteiger partial charge in [0.05, 0.1) is 11.6 Å². The minimum Gasteiger partial charge on any atom is -0.489 e. The zero-order valence-corrected chi connectivity index (χ0v) is 19.7. The van der Waals surface area contributed by atoms with E-state index in [-0.39, 0.29) is 0 Å². The molecule has 0 saturated carbocycles. The molecule has 0 saturated heterocycles.